The number of carbonyl (C=O) groups is 1. The summed E-state index contributed by atoms with van der Waals surface area (Å²) in [6, 6.07) is 12.2. The summed E-state index contributed by atoms with van der Waals surface area (Å²) in [6.45, 7) is 0.368. The van der Waals surface area contributed by atoms with Gasteiger partial charge in [-0.25, -0.2) is 0 Å². The number of hydrogen-bond donors (Lipinski definition) is 1. The smallest absolute Gasteiger partial charge is 0.251 e. The third kappa shape index (κ3) is 3.65. The van der Waals surface area contributed by atoms with Gasteiger partial charge in [0.2, 0.25) is 0 Å². The lowest BCUT2D eigenvalue weighted by Crippen LogP contribution is -2.23. The Morgan fingerprint density at radius 2 is 1.80 bits per heavy atom. The summed E-state index contributed by atoms with van der Waals surface area (Å²) in [5, 5.41) is 3.67. The number of halogens is 2. The Morgan fingerprint density at radius 3 is 2.45 bits per heavy atom. The number of benzene rings is 2. The average Bonchev–Trinajstić information content (AvgIpc) is 2.44. The van der Waals surface area contributed by atoms with Crippen LogP contribution in [0.25, 0.3) is 0 Å². The number of amides is 1. The number of para-hydroxylation sites is 1. The van der Waals surface area contributed by atoms with E-state index < -0.39 is 0 Å². The van der Waals surface area contributed by atoms with E-state index in [1.807, 2.05) is 24.3 Å². The molecule has 3 nitrogen and oxygen atoms in total. The van der Waals surface area contributed by atoms with Gasteiger partial charge in [0, 0.05) is 27.7 Å². The summed E-state index contributed by atoms with van der Waals surface area (Å²) < 4.78 is 5.23. The van der Waals surface area contributed by atoms with E-state index in [0.29, 0.717) is 22.2 Å². The van der Waals surface area contributed by atoms with Crippen LogP contribution in [0, 0.1) is 0 Å². The van der Waals surface area contributed by atoms with Gasteiger partial charge in [-0.1, -0.05) is 41.4 Å². The third-order valence-corrected chi connectivity index (χ3v) is 3.19. The van der Waals surface area contributed by atoms with Gasteiger partial charge < -0.3 is 10.1 Å². The van der Waals surface area contributed by atoms with Crippen LogP contribution in [0.3, 0.4) is 0 Å². The molecule has 1 amide bonds. The molecule has 0 radical (unpaired) electrons. The summed E-state index contributed by atoms with van der Waals surface area (Å²) in [6.07, 6.45) is 0. The van der Waals surface area contributed by atoms with Gasteiger partial charge in [-0.15, -0.1) is 0 Å². The third-order valence-electron chi connectivity index (χ3n) is 2.76. The number of carbonyl (C=O) groups excluding carboxylic acids is 1. The molecule has 0 aliphatic heterocycles. The van der Waals surface area contributed by atoms with Crippen molar-refractivity contribution in [3.05, 3.63) is 63.6 Å². The van der Waals surface area contributed by atoms with Gasteiger partial charge in [0.15, 0.2) is 0 Å². The Bertz CT molecular complexity index is 609. The van der Waals surface area contributed by atoms with E-state index in [9.17, 15) is 4.79 Å². The summed E-state index contributed by atoms with van der Waals surface area (Å²) >= 11 is 11.7. The second-order valence-electron chi connectivity index (χ2n) is 4.15. The molecule has 2 rings (SSSR count). The Labute approximate surface area is 127 Å². The van der Waals surface area contributed by atoms with Crippen molar-refractivity contribution < 1.29 is 9.53 Å². The first-order valence-corrected chi connectivity index (χ1v) is 6.72. The normalized spacial score (nSPS) is 10.2. The quantitative estimate of drug-likeness (QED) is 0.929. The zero-order chi connectivity index (χ0) is 14.5. The standard InChI is InChI=1S/C15H13Cl2NO2/c1-20-14-5-3-2-4-10(14)9-18-15(19)11-6-12(16)8-13(17)7-11/h2-8H,9H2,1H3,(H,18,19). The minimum absolute atomic E-state index is 0.236. The van der Waals surface area contributed by atoms with E-state index in [1.165, 1.54) is 0 Å². The van der Waals surface area contributed by atoms with E-state index in [1.54, 1.807) is 25.3 Å². The zero-order valence-corrected chi connectivity index (χ0v) is 12.3. The molecule has 1 N–H and O–H groups in total. The van der Waals surface area contributed by atoms with Gasteiger partial charge in [-0.2, -0.15) is 0 Å². The van der Waals surface area contributed by atoms with Crippen molar-refractivity contribution in [2.45, 2.75) is 6.54 Å². The molecule has 0 saturated carbocycles. The second-order valence-corrected chi connectivity index (χ2v) is 5.03. The monoisotopic (exact) mass is 309 g/mol. The molecule has 104 valence electrons. The number of methoxy groups -OCH3 is 1. The number of rotatable bonds is 4. The maximum absolute atomic E-state index is 12.1. The first-order valence-electron chi connectivity index (χ1n) is 5.96. The van der Waals surface area contributed by atoms with Crippen molar-refractivity contribution in [3.63, 3.8) is 0 Å². The highest BCUT2D eigenvalue weighted by molar-refractivity contribution is 6.35. The summed E-state index contributed by atoms with van der Waals surface area (Å²) in [4.78, 5) is 12.1. The van der Waals surface area contributed by atoms with Gasteiger partial charge >= 0.3 is 0 Å². The van der Waals surface area contributed by atoms with Crippen molar-refractivity contribution in [3.8, 4) is 5.75 Å². The van der Waals surface area contributed by atoms with Crippen LogP contribution in [0.5, 0.6) is 5.75 Å². The molecule has 0 bridgehead atoms. The van der Waals surface area contributed by atoms with Crippen molar-refractivity contribution in [1.29, 1.82) is 0 Å². The fourth-order valence-corrected chi connectivity index (χ4v) is 2.34. The lowest BCUT2D eigenvalue weighted by Gasteiger charge is -2.10. The van der Waals surface area contributed by atoms with Crippen LogP contribution in [0.2, 0.25) is 10.0 Å². The van der Waals surface area contributed by atoms with E-state index >= 15 is 0 Å². The maximum Gasteiger partial charge on any atom is 0.251 e. The largest absolute Gasteiger partial charge is 0.496 e. The molecule has 0 aliphatic carbocycles. The molecule has 0 heterocycles. The van der Waals surface area contributed by atoms with Gasteiger partial charge in [-0.3, -0.25) is 4.79 Å². The lowest BCUT2D eigenvalue weighted by molar-refractivity contribution is 0.0950. The van der Waals surface area contributed by atoms with E-state index in [2.05, 4.69) is 5.32 Å². The van der Waals surface area contributed by atoms with Crippen LogP contribution in [-0.4, -0.2) is 13.0 Å². The van der Waals surface area contributed by atoms with Crippen molar-refractivity contribution in [1.82, 2.24) is 5.32 Å². The van der Waals surface area contributed by atoms with Gasteiger partial charge in [0.1, 0.15) is 5.75 Å². The summed E-state index contributed by atoms with van der Waals surface area (Å²) in [7, 11) is 1.59. The van der Waals surface area contributed by atoms with Gasteiger partial charge in [-0.05, 0) is 24.3 Å². The first-order chi connectivity index (χ1) is 9.60. The minimum atomic E-state index is -0.236. The fourth-order valence-electron chi connectivity index (χ4n) is 1.81. The topological polar surface area (TPSA) is 38.3 Å². The highest BCUT2D eigenvalue weighted by Crippen LogP contribution is 2.20. The SMILES string of the molecule is COc1ccccc1CNC(=O)c1cc(Cl)cc(Cl)c1. The molecule has 0 aliphatic rings. The van der Waals surface area contributed by atoms with Crippen LogP contribution in [-0.2, 0) is 6.54 Å². The molecule has 0 saturated heterocycles. The Kier molecular flexibility index (Phi) is 4.88. The highest BCUT2D eigenvalue weighted by Gasteiger charge is 2.09. The molecule has 0 fully saturated rings. The molecule has 0 atom stereocenters. The summed E-state index contributed by atoms with van der Waals surface area (Å²) in [5.74, 6) is 0.497. The van der Waals surface area contributed by atoms with Gasteiger partial charge in [0.05, 0.1) is 7.11 Å². The molecule has 0 unspecified atom stereocenters. The Balaban J connectivity index is 2.08. The first kappa shape index (κ1) is 14.7. The molecule has 0 spiro atoms. The lowest BCUT2D eigenvalue weighted by atomic mass is 10.1. The molecule has 2 aromatic rings. The van der Waals surface area contributed by atoms with Crippen LogP contribution in [0.15, 0.2) is 42.5 Å². The second kappa shape index (κ2) is 6.64. The molecule has 5 heteroatoms. The van der Waals surface area contributed by atoms with Crippen LogP contribution in [0.1, 0.15) is 15.9 Å². The zero-order valence-electron chi connectivity index (χ0n) is 10.8. The van der Waals surface area contributed by atoms with Crippen LogP contribution < -0.4 is 10.1 Å². The van der Waals surface area contributed by atoms with Crippen LogP contribution >= 0.6 is 23.2 Å². The van der Waals surface area contributed by atoms with E-state index in [4.69, 9.17) is 27.9 Å². The number of nitrogens with one attached hydrogen (secondary N) is 1. The average molecular weight is 310 g/mol. The van der Waals surface area contributed by atoms with E-state index in [-0.39, 0.29) is 5.91 Å². The fraction of sp³-hybridized carbons (Fsp3) is 0.133. The van der Waals surface area contributed by atoms with Crippen molar-refractivity contribution >= 4 is 29.1 Å². The van der Waals surface area contributed by atoms with Gasteiger partial charge in [0.25, 0.3) is 5.91 Å². The van der Waals surface area contributed by atoms with Crippen molar-refractivity contribution in [2.24, 2.45) is 0 Å². The molecule has 2 aromatic carbocycles. The molecule has 0 aromatic heterocycles. The predicted molar refractivity (Wildman–Crippen MR) is 80.6 cm³/mol. The van der Waals surface area contributed by atoms with E-state index in [0.717, 1.165) is 11.3 Å². The maximum atomic E-state index is 12.1. The molecular weight excluding hydrogens is 297 g/mol. The molecular formula is C15H13Cl2NO2. The Hall–Kier alpha value is -1.71. The number of ether oxygens (including phenoxy) is 1. The van der Waals surface area contributed by atoms with Crippen LogP contribution in [0.4, 0.5) is 0 Å². The summed E-state index contributed by atoms with van der Waals surface area (Å²) in [5.41, 5.74) is 1.33. The highest BCUT2D eigenvalue weighted by atomic mass is 35.5. The minimum Gasteiger partial charge on any atom is -0.496 e. The number of hydrogen-bond acceptors (Lipinski definition) is 2. The van der Waals surface area contributed by atoms with Crippen molar-refractivity contribution in [2.75, 3.05) is 7.11 Å². The Morgan fingerprint density at radius 1 is 1.15 bits per heavy atom. The molecule has 20 heavy (non-hydrogen) atoms. The predicted octanol–water partition coefficient (Wildman–Crippen LogP) is 3.93.